The van der Waals surface area contributed by atoms with E-state index in [1.165, 1.54) is 38.5 Å². The van der Waals surface area contributed by atoms with Crippen LogP contribution in [0, 0.1) is 5.92 Å². The first kappa shape index (κ1) is 13.2. The van der Waals surface area contributed by atoms with Crippen molar-refractivity contribution in [1.82, 2.24) is 4.98 Å². The highest BCUT2D eigenvalue weighted by atomic mass is 16.4. The third-order valence-electron chi connectivity index (χ3n) is 4.74. The quantitative estimate of drug-likeness (QED) is 0.376. The third kappa shape index (κ3) is 2.32. The van der Waals surface area contributed by atoms with Gasteiger partial charge in [0.05, 0.1) is 11.9 Å². The Morgan fingerprint density at radius 1 is 1.30 bits per heavy atom. The normalized spacial score (nSPS) is 27.2. The summed E-state index contributed by atoms with van der Waals surface area (Å²) in [7, 11) is 0. The van der Waals surface area contributed by atoms with Crippen molar-refractivity contribution in [2.24, 2.45) is 16.8 Å². The molecule has 2 heterocycles. The zero-order valence-electron chi connectivity index (χ0n) is 11.7. The summed E-state index contributed by atoms with van der Waals surface area (Å²) in [4.78, 5) is 6.68. The fourth-order valence-electron chi connectivity index (χ4n) is 3.81. The van der Waals surface area contributed by atoms with Gasteiger partial charge >= 0.3 is 0 Å². The van der Waals surface area contributed by atoms with Crippen LogP contribution in [0.4, 0.5) is 5.69 Å². The van der Waals surface area contributed by atoms with Gasteiger partial charge in [0.25, 0.3) is 0 Å². The van der Waals surface area contributed by atoms with Crippen molar-refractivity contribution in [1.29, 1.82) is 0 Å². The lowest BCUT2D eigenvalue weighted by Gasteiger charge is -2.45. The minimum atomic E-state index is 0.167. The van der Waals surface area contributed by atoms with Crippen LogP contribution >= 0.6 is 0 Å². The van der Waals surface area contributed by atoms with Crippen molar-refractivity contribution in [3.8, 4) is 0 Å². The molecule has 2 aliphatic rings. The van der Waals surface area contributed by atoms with Crippen LogP contribution in [0.3, 0.4) is 0 Å². The first-order valence-electron chi connectivity index (χ1n) is 7.50. The maximum absolute atomic E-state index is 8.97. The maximum Gasteiger partial charge on any atom is 0.172 e. The molecular formula is C15H22N4O. The average molecular weight is 274 g/mol. The number of aromatic nitrogens is 1. The zero-order valence-corrected chi connectivity index (χ0v) is 11.7. The predicted octanol–water partition coefficient (Wildman–Crippen LogP) is 2.34. The summed E-state index contributed by atoms with van der Waals surface area (Å²) in [5.41, 5.74) is 7.61. The Morgan fingerprint density at radius 3 is 2.95 bits per heavy atom. The van der Waals surface area contributed by atoms with Crippen LogP contribution in [-0.4, -0.2) is 28.6 Å². The van der Waals surface area contributed by atoms with Crippen molar-refractivity contribution in [2.75, 3.05) is 11.4 Å². The lowest BCUT2D eigenvalue weighted by molar-refractivity contribution is 0.243. The molecule has 108 valence electrons. The van der Waals surface area contributed by atoms with Gasteiger partial charge in [0, 0.05) is 24.3 Å². The molecule has 0 aromatic carbocycles. The molecule has 3 N–H and O–H groups in total. The van der Waals surface area contributed by atoms with E-state index < -0.39 is 0 Å². The summed E-state index contributed by atoms with van der Waals surface area (Å²) in [5.74, 6) is 0.957. The van der Waals surface area contributed by atoms with E-state index in [9.17, 15) is 0 Å². The van der Waals surface area contributed by atoms with Gasteiger partial charge in [-0.1, -0.05) is 18.0 Å². The van der Waals surface area contributed by atoms with Gasteiger partial charge < -0.3 is 15.8 Å². The summed E-state index contributed by atoms with van der Waals surface area (Å²) in [6.07, 6.45) is 11.3. The molecule has 1 aromatic heterocycles. The molecule has 1 aliphatic carbocycles. The summed E-state index contributed by atoms with van der Waals surface area (Å²) >= 11 is 0. The first-order valence-corrected chi connectivity index (χ1v) is 7.50. The number of oxime groups is 1. The number of rotatable bonds is 2. The topological polar surface area (TPSA) is 74.7 Å². The van der Waals surface area contributed by atoms with E-state index in [1.54, 1.807) is 6.20 Å². The second-order valence-corrected chi connectivity index (χ2v) is 5.83. The smallest absolute Gasteiger partial charge is 0.172 e. The fraction of sp³-hybridized carbons (Fsp3) is 0.600. The lowest BCUT2D eigenvalue weighted by Crippen LogP contribution is -2.47. The number of amidine groups is 1. The van der Waals surface area contributed by atoms with Crippen LogP contribution in [0.25, 0.3) is 0 Å². The first-order chi connectivity index (χ1) is 9.81. The standard InChI is InChI=1S/C15H22N4O/c16-15(18-20)12-7-8-17-10-14(12)19-9-3-5-11-4-1-2-6-13(11)19/h7-8,10-11,13,20H,1-6,9H2,(H2,16,18). The number of hydrogen-bond donors (Lipinski definition) is 2. The lowest BCUT2D eigenvalue weighted by atomic mass is 9.78. The molecular weight excluding hydrogens is 252 g/mol. The Balaban J connectivity index is 1.95. The second kappa shape index (κ2) is 5.69. The molecule has 5 nitrogen and oxygen atoms in total. The number of fused-ring (bicyclic) bond motifs is 1. The number of pyridine rings is 1. The van der Waals surface area contributed by atoms with Crippen LogP contribution in [0.15, 0.2) is 23.6 Å². The van der Waals surface area contributed by atoms with E-state index in [0.717, 1.165) is 23.7 Å². The minimum Gasteiger partial charge on any atom is -0.409 e. The Morgan fingerprint density at radius 2 is 2.10 bits per heavy atom. The molecule has 5 heteroatoms. The van der Waals surface area contributed by atoms with Crippen LogP contribution in [-0.2, 0) is 0 Å². The van der Waals surface area contributed by atoms with Gasteiger partial charge in [-0.05, 0) is 37.7 Å². The Bertz CT molecular complexity index is 500. The van der Waals surface area contributed by atoms with Crippen LogP contribution in [0.5, 0.6) is 0 Å². The molecule has 0 radical (unpaired) electrons. The highest BCUT2D eigenvalue weighted by Crippen LogP contribution is 2.38. The molecule has 20 heavy (non-hydrogen) atoms. The third-order valence-corrected chi connectivity index (χ3v) is 4.74. The van der Waals surface area contributed by atoms with Crippen molar-refractivity contribution < 1.29 is 5.21 Å². The zero-order chi connectivity index (χ0) is 13.9. The Hall–Kier alpha value is -1.78. The minimum absolute atomic E-state index is 0.167. The SMILES string of the molecule is N/C(=N/O)c1ccncc1N1CCCC2CCCCC21. The van der Waals surface area contributed by atoms with Crippen LogP contribution in [0.2, 0.25) is 0 Å². The molecule has 1 aromatic rings. The summed E-state index contributed by atoms with van der Waals surface area (Å²) in [6, 6.07) is 2.42. The summed E-state index contributed by atoms with van der Waals surface area (Å²) in [6.45, 7) is 1.04. The molecule has 2 unspecified atom stereocenters. The van der Waals surface area contributed by atoms with Crippen LogP contribution < -0.4 is 10.6 Å². The van der Waals surface area contributed by atoms with Gasteiger partial charge in [-0.3, -0.25) is 4.98 Å². The van der Waals surface area contributed by atoms with Gasteiger partial charge in [-0.15, -0.1) is 0 Å². The fourth-order valence-corrected chi connectivity index (χ4v) is 3.81. The van der Waals surface area contributed by atoms with Crippen molar-refractivity contribution >= 4 is 11.5 Å². The van der Waals surface area contributed by atoms with Crippen molar-refractivity contribution in [3.63, 3.8) is 0 Å². The second-order valence-electron chi connectivity index (χ2n) is 5.83. The van der Waals surface area contributed by atoms with Gasteiger partial charge in [0.1, 0.15) is 0 Å². The summed E-state index contributed by atoms with van der Waals surface area (Å²) in [5, 5.41) is 12.1. The van der Waals surface area contributed by atoms with Crippen molar-refractivity contribution in [2.45, 2.75) is 44.6 Å². The number of nitrogens with zero attached hydrogens (tertiary/aromatic N) is 3. The van der Waals surface area contributed by atoms with E-state index in [0.29, 0.717) is 6.04 Å². The molecule has 2 fully saturated rings. The molecule has 0 spiro atoms. The van der Waals surface area contributed by atoms with Gasteiger partial charge in [-0.2, -0.15) is 0 Å². The molecule has 0 bridgehead atoms. The highest BCUT2D eigenvalue weighted by Gasteiger charge is 2.34. The number of piperidine rings is 1. The van der Waals surface area contributed by atoms with Gasteiger partial charge in [0.15, 0.2) is 5.84 Å². The van der Waals surface area contributed by atoms with Crippen molar-refractivity contribution in [3.05, 3.63) is 24.0 Å². The monoisotopic (exact) mass is 274 g/mol. The van der Waals surface area contributed by atoms with Crippen LogP contribution in [0.1, 0.15) is 44.1 Å². The maximum atomic E-state index is 8.97. The Kier molecular flexibility index (Phi) is 3.76. The van der Waals surface area contributed by atoms with Gasteiger partial charge in [0.2, 0.25) is 0 Å². The largest absolute Gasteiger partial charge is 0.409 e. The predicted molar refractivity (Wildman–Crippen MR) is 79.1 cm³/mol. The van der Waals surface area contributed by atoms with E-state index >= 15 is 0 Å². The van der Waals surface area contributed by atoms with E-state index in [4.69, 9.17) is 10.9 Å². The molecule has 2 atom stereocenters. The van der Waals surface area contributed by atoms with E-state index in [2.05, 4.69) is 15.0 Å². The van der Waals surface area contributed by atoms with Gasteiger partial charge in [-0.25, -0.2) is 0 Å². The highest BCUT2D eigenvalue weighted by molar-refractivity contribution is 6.02. The molecule has 0 amide bonds. The number of anilines is 1. The molecule has 1 aliphatic heterocycles. The van der Waals surface area contributed by atoms with E-state index in [1.807, 2.05) is 12.3 Å². The molecule has 1 saturated carbocycles. The molecule has 1 saturated heterocycles. The van der Waals surface area contributed by atoms with E-state index in [-0.39, 0.29) is 5.84 Å². The number of nitrogens with two attached hydrogens (primary N) is 1. The number of hydrogen-bond acceptors (Lipinski definition) is 4. The molecule has 3 rings (SSSR count). The average Bonchev–Trinajstić information content (AvgIpc) is 2.53. The summed E-state index contributed by atoms with van der Waals surface area (Å²) < 4.78 is 0. The Labute approximate surface area is 119 Å².